The van der Waals surface area contributed by atoms with Gasteiger partial charge >= 0.3 is 0 Å². The minimum atomic E-state index is 0.471. The van der Waals surface area contributed by atoms with Gasteiger partial charge < -0.3 is 10.5 Å². The van der Waals surface area contributed by atoms with Gasteiger partial charge in [-0.25, -0.2) is 9.97 Å². The number of nitrogen functional groups attached to an aromatic ring is 1. The Morgan fingerprint density at radius 1 is 1.45 bits per heavy atom. The molecule has 0 spiro atoms. The summed E-state index contributed by atoms with van der Waals surface area (Å²) in [4.78, 5) is 7.87. The summed E-state index contributed by atoms with van der Waals surface area (Å²) in [7, 11) is 0. The van der Waals surface area contributed by atoms with Crippen LogP contribution in [0, 0.1) is 0 Å². The summed E-state index contributed by atoms with van der Waals surface area (Å²) in [6.07, 6.45) is 4.83. The molecule has 2 rings (SSSR count). The summed E-state index contributed by atoms with van der Waals surface area (Å²) in [5.74, 6) is 0.499. The lowest BCUT2D eigenvalue weighted by Gasteiger charge is -2.10. The Morgan fingerprint density at radius 2 is 2.36 bits per heavy atom. The van der Waals surface area contributed by atoms with Crippen LogP contribution in [-0.4, -0.2) is 9.97 Å². The number of hydrogen-bond acceptors (Lipinski definition) is 4. The van der Waals surface area contributed by atoms with Crippen LogP contribution >= 0.6 is 0 Å². The zero-order chi connectivity index (χ0) is 7.68. The Kier molecular flexibility index (Phi) is 1.25. The molecule has 1 aliphatic rings. The molecule has 2 heterocycles. The molecule has 4 heteroatoms. The van der Waals surface area contributed by atoms with Crippen LogP contribution in [-0.2, 0) is 11.3 Å². The summed E-state index contributed by atoms with van der Waals surface area (Å²) in [5, 5.41) is 0. The number of aromatic nitrogens is 2. The van der Waals surface area contributed by atoms with Gasteiger partial charge in [0, 0.05) is 0 Å². The van der Waals surface area contributed by atoms with E-state index in [0.717, 1.165) is 11.3 Å². The minimum absolute atomic E-state index is 0.471. The summed E-state index contributed by atoms with van der Waals surface area (Å²) < 4.78 is 5.04. The van der Waals surface area contributed by atoms with Crippen LogP contribution in [0.1, 0.15) is 11.3 Å². The molecule has 0 saturated heterocycles. The summed E-state index contributed by atoms with van der Waals surface area (Å²) in [6, 6.07) is 0. The van der Waals surface area contributed by atoms with E-state index < -0.39 is 0 Å². The molecule has 0 aromatic carbocycles. The average Bonchev–Trinajstić information content (AvgIpc) is 2.06. The number of nitrogens with zero attached hydrogens (tertiary/aromatic N) is 2. The third-order valence-electron chi connectivity index (χ3n) is 1.56. The molecule has 0 radical (unpaired) electrons. The standard InChI is InChI=1S/C7H7N3O/c8-7-5-3-11-2-1-6(5)9-4-10-7/h1-2,4H,3H2,(H2,8,9,10). The van der Waals surface area contributed by atoms with E-state index in [1.54, 1.807) is 12.3 Å². The van der Waals surface area contributed by atoms with Crippen LogP contribution in [0.25, 0.3) is 6.08 Å². The molecule has 11 heavy (non-hydrogen) atoms. The van der Waals surface area contributed by atoms with Crippen molar-refractivity contribution in [2.75, 3.05) is 5.73 Å². The fraction of sp³-hybridized carbons (Fsp3) is 0.143. The predicted octanol–water partition coefficient (Wildman–Crippen LogP) is 0.560. The number of fused-ring (bicyclic) bond motifs is 1. The first-order valence-electron chi connectivity index (χ1n) is 3.25. The second-order valence-corrected chi connectivity index (χ2v) is 2.24. The first-order chi connectivity index (χ1) is 5.38. The van der Waals surface area contributed by atoms with E-state index in [1.807, 2.05) is 0 Å². The van der Waals surface area contributed by atoms with Crippen molar-refractivity contribution in [1.82, 2.24) is 9.97 Å². The third-order valence-corrected chi connectivity index (χ3v) is 1.56. The van der Waals surface area contributed by atoms with Gasteiger partial charge in [-0.3, -0.25) is 0 Å². The fourth-order valence-electron chi connectivity index (χ4n) is 0.976. The van der Waals surface area contributed by atoms with Crippen LogP contribution in [0.4, 0.5) is 5.82 Å². The molecule has 0 unspecified atom stereocenters. The van der Waals surface area contributed by atoms with Gasteiger partial charge in [-0.15, -0.1) is 0 Å². The maximum absolute atomic E-state index is 5.58. The highest BCUT2D eigenvalue weighted by Crippen LogP contribution is 2.18. The molecule has 4 nitrogen and oxygen atoms in total. The number of hydrogen-bond donors (Lipinski definition) is 1. The van der Waals surface area contributed by atoms with Gasteiger partial charge in [-0.05, 0) is 6.08 Å². The summed E-state index contributed by atoms with van der Waals surface area (Å²) in [6.45, 7) is 0.471. The van der Waals surface area contributed by atoms with Crippen LogP contribution in [0.15, 0.2) is 12.6 Å². The first-order valence-corrected chi connectivity index (χ1v) is 3.25. The van der Waals surface area contributed by atoms with E-state index in [4.69, 9.17) is 10.5 Å². The highest BCUT2D eigenvalue weighted by molar-refractivity contribution is 5.56. The SMILES string of the molecule is Nc1ncnc2c1COC=C2. The molecule has 1 aromatic rings. The van der Waals surface area contributed by atoms with Gasteiger partial charge in [0.2, 0.25) is 0 Å². The maximum Gasteiger partial charge on any atom is 0.134 e. The number of anilines is 1. The second-order valence-electron chi connectivity index (χ2n) is 2.24. The van der Waals surface area contributed by atoms with Crippen molar-refractivity contribution in [3.63, 3.8) is 0 Å². The van der Waals surface area contributed by atoms with Gasteiger partial charge in [-0.1, -0.05) is 0 Å². The molecule has 0 amide bonds. The van der Waals surface area contributed by atoms with Gasteiger partial charge in [0.25, 0.3) is 0 Å². The molecule has 0 saturated carbocycles. The Balaban J connectivity index is 2.60. The topological polar surface area (TPSA) is 61.0 Å². The number of nitrogens with two attached hydrogens (primary N) is 1. The van der Waals surface area contributed by atoms with Crippen LogP contribution < -0.4 is 5.73 Å². The van der Waals surface area contributed by atoms with Crippen LogP contribution in [0.2, 0.25) is 0 Å². The minimum Gasteiger partial charge on any atom is -0.496 e. The lowest BCUT2D eigenvalue weighted by Crippen LogP contribution is -2.05. The molecule has 0 bridgehead atoms. The van der Waals surface area contributed by atoms with Crippen LogP contribution in [0.3, 0.4) is 0 Å². The first kappa shape index (κ1) is 6.15. The Bertz CT molecular complexity index is 309. The highest BCUT2D eigenvalue weighted by atomic mass is 16.5. The van der Waals surface area contributed by atoms with Gasteiger partial charge in [0.1, 0.15) is 18.8 Å². The van der Waals surface area contributed by atoms with Gasteiger partial charge in [0.15, 0.2) is 0 Å². The zero-order valence-corrected chi connectivity index (χ0v) is 5.82. The molecule has 0 aliphatic carbocycles. The predicted molar refractivity (Wildman–Crippen MR) is 40.3 cm³/mol. The van der Waals surface area contributed by atoms with E-state index >= 15 is 0 Å². The van der Waals surface area contributed by atoms with Crippen molar-refractivity contribution >= 4 is 11.9 Å². The Labute approximate surface area is 63.7 Å². The molecule has 1 aromatic heterocycles. The third kappa shape index (κ3) is 0.920. The number of rotatable bonds is 0. The molecule has 0 atom stereocenters. The second kappa shape index (κ2) is 2.23. The largest absolute Gasteiger partial charge is 0.496 e. The normalized spacial score (nSPS) is 13.8. The van der Waals surface area contributed by atoms with Crippen molar-refractivity contribution in [2.45, 2.75) is 6.61 Å². The van der Waals surface area contributed by atoms with Crippen molar-refractivity contribution in [1.29, 1.82) is 0 Å². The summed E-state index contributed by atoms with van der Waals surface area (Å²) >= 11 is 0. The quantitative estimate of drug-likeness (QED) is 0.585. The van der Waals surface area contributed by atoms with E-state index in [2.05, 4.69) is 9.97 Å². The fourth-order valence-corrected chi connectivity index (χ4v) is 0.976. The Morgan fingerprint density at radius 3 is 3.18 bits per heavy atom. The lowest BCUT2D eigenvalue weighted by atomic mass is 10.2. The molecular formula is C7H7N3O. The number of ether oxygens (including phenoxy) is 1. The molecular weight excluding hydrogens is 142 g/mol. The van der Waals surface area contributed by atoms with E-state index in [0.29, 0.717) is 12.4 Å². The van der Waals surface area contributed by atoms with Crippen molar-refractivity contribution in [3.8, 4) is 0 Å². The highest BCUT2D eigenvalue weighted by Gasteiger charge is 2.09. The molecule has 56 valence electrons. The van der Waals surface area contributed by atoms with E-state index in [9.17, 15) is 0 Å². The molecule has 1 aliphatic heterocycles. The molecule has 2 N–H and O–H groups in total. The maximum atomic E-state index is 5.58. The molecule has 0 fully saturated rings. The monoisotopic (exact) mass is 149 g/mol. The van der Waals surface area contributed by atoms with Crippen molar-refractivity contribution in [3.05, 3.63) is 23.8 Å². The van der Waals surface area contributed by atoms with E-state index in [1.165, 1.54) is 6.33 Å². The average molecular weight is 149 g/mol. The summed E-state index contributed by atoms with van der Waals surface area (Å²) in [5.41, 5.74) is 7.30. The van der Waals surface area contributed by atoms with Crippen molar-refractivity contribution < 1.29 is 4.74 Å². The van der Waals surface area contributed by atoms with E-state index in [-0.39, 0.29) is 0 Å². The van der Waals surface area contributed by atoms with Crippen LogP contribution in [0.5, 0.6) is 0 Å². The van der Waals surface area contributed by atoms with Gasteiger partial charge in [-0.2, -0.15) is 0 Å². The zero-order valence-electron chi connectivity index (χ0n) is 5.82. The van der Waals surface area contributed by atoms with Crippen molar-refractivity contribution in [2.24, 2.45) is 0 Å². The Hall–Kier alpha value is -1.58. The van der Waals surface area contributed by atoms with Gasteiger partial charge in [0.05, 0.1) is 17.5 Å². The smallest absolute Gasteiger partial charge is 0.134 e. The lowest BCUT2D eigenvalue weighted by molar-refractivity contribution is 0.234.